The molecule has 2 unspecified atom stereocenters. The summed E-state index contributed by atoms with van der Waals surface area (Å²) in [6.45, 7) is 0. The van der Waals surface area contributed by atoms with Crippen LogP contribution in [0.25, 0.3) is 0 Å². The number of aliphatic hydroxyl groups is 1. The SMILES string of the molecule is O=S1(=O)CCC(c2ccc(C3OC3O)nc2)CC1. The Morgan fingerprint density at radius 3 is 2.44 bits per heavy atom. The monoisotopic (exact) mass is 269 g/mol. The van der Waals surface area contributed by atoms with Gasteiger partial charge in [-0.15, -0.1) is 0 Å². The van der Waals surface area contributed by atoms with Gasteiger partial charge in [-0.3, -0.25) is 4.98 Å². The average molecular weight is 269 g/mol. The third kappa shape index (κ3) is 2.41. The minimum atomic E-state index is -2.82. The van der Waals surface area contributed by atoms with E-state index in [1.165, 1.54) is 0 Å². The van der Waals surface area contributed by atoms with E-state index in [2.05, 4.69) is 4.98 Å². The molecule has 1 N–H and O–H groups in total. The van der Waals surface area contributed by atoms with Gasteiger partial charge in [0.1, 0.15) is 9.84 Å². The Kier molecular flexibility index (Phi) is 2.88. The number of rotatable bonds is 2. The van der Waals surface area contributed by atoms with Gasteiger partial charge in [-0.1, -0.05) is 6.07 Å². The number of ether oxygens (including phenoxy) is 1. The summed E-state index contributed by atoms with van der Waals surface area (Å²) in [5.74, 6) is 0.813. The Balaban J connectivity index is 1.70. The predicted octanol–water partition coefficient (Wildman–Crippen LogP) is 0.764. The van der Waals surface area contributed by atoms with Gasteiger partial charge >= 0.3 is 0 Å². The van der Waals surface area contributed by atoms with Crippen molar-refractivity contribution < 1.29 is 18.3 Å². The molecule has 5 nitrogen and oxygen atoms in total. The fourth-order valence-electron chi connectivity index (χ4n) is 2.37. The molecule has 0 amide bonds. The molecule has 3 rings (SSSR count). The number of epoxide rings is 1. The van der Waals surface area contributed by atoms with E-state index < -0.39 is 16.1 Å². The standard InChI is InChI=1S/C12H15NO4S/c14-12-11(17-12)10-2-1-9(7-13-10)8-3-5-18(15,16)6-4-8/h1-2,7-8,11-12,14H,3-6H2. The van der Waals surface area contributed by atoms with Crippen LogP contribution >= 0.6 is 0 Å². The van der Waals surface area contributed by atoms with Crippen molar-refractivity contribution in [3.63, 3.8) is 0 Å². The predicted molar refractivity (Wildman–Crippen MR) is 64.7 cm³/mol. The molecular formula is C12H15NO4S. The lowest BCUT2D eigenvalue weighted by atomic mass is 9.95. The molecule has 0 spiro atoms. The van der Waals surface area contributed by atoms with Crippen molar-refractivity contribution in [3.05, 3.63) is 29.6 Å². The lowest BCUT2D eigenvalue weighted by molar-refractivity contribution is 0.156. The average Bonchev–Trinajstić information content (AvgIpc) is 3.07. The quantitative estimate of drug-likeness (QED) is 0.802. The van der Waals surface area contributed by atoms with Gasteiger partial charge in [-0.25, -0.2) is 8.42 Å². The van der Waals surface area contributed by atoms with Crippen molar-refractivity contribution in [2.45, 2.75) is 31.2 Å². The van der Waals surface area contributed by atoms with Gasteiger partial charge in [0.25, 0.3) is 0 Å². The van der Waals surface area contributed by atoms with Gasteiger partial charge in [0.15, 0.2) is 12.4 Å². The van der Waals surface area contributed by atoms with E-state index in [1.54, 1.807) is 6.20 Å². The van der Waals surface area contributed by atoms with E-state index in [0.29, 0.717) is 12.8 Å². The summed E-state index contributed by atoms with van der Waals surface area (Å²) < 4.78 is 27.6. The van der Waals surface area contributed by atoms with Crippen LogP contribution in [-0.4, -0.2) is 36.3 Å². The summed E-state index contributed by atoms with van der Waals surface area (Å²) in [6.07, 6.45) is 2.11. The second-order valence-corrected chi connectivity index (χ2v) is 7.19. The van der Waals surface area contributed by atoms with Crippen LogP contribution in [-0.2, 0) is 14.6 Å². The minimum Gasteiger partial charge on any atom is -0.365 e. The van der Waals surface area contributed by atoms with Gasteiger partial charge in [0, 0.05) is 6.20 Å². The molecule has 2 aliphatic rings. The second kappa shape index (κ2) is 4.29. The third-order valence-corrected chi connectivity index (χ3v) is 5.31. The topological polar surface area (TPSA) is 79.8 Å². The highest BCUT2D eigenvalue weighted by atomic mass is 32.2. The van der Waals surface area contributed by atoms with Crippen molar-refractivity contribution in [3.8, 4) is 0 Å². The largest absolute Gasteiger partial charge is 0.365 e. The number of aliphatic hydroxyl groups excluding tert-OH is 1. The van der Waals surface area contributed by atoms with E-state index in [-0.39, 0.29) is 23.5 Å². The van der Waals surface area contributed by atoms with Crippen LogP contribution in [0, 0.1) is 0 Å². The minimum absolute atomic E-state index is 0.268. The fraction of sp³-hybridized carbons (Fsp3) is 0.583. The Morgan fingerprint density at radius 1 is 1.28 bits per heavy atom. The van der Waals surface area contributed by atoms with Crippen molar-refractivity contribution >= 4 is 9.84 Å². The lowest BCUT2D eigenvalue weighted by Crippen LogP contribution is -2.22. The van der Waals surface area contributed by atoms with Crippen LogP contribution in [0.15, 0.2) is 18.3 Å². The number of sulfone groups is 1. The molecule has 6 heteroatoms. The fourth-order valence-corrected chi connectivity index (χ4v) is 3.86. The zero-order valence-corrected chi connectivity index (χ0v) is 10.6. The molecule has 2 atom stereocenters. The smallest absolute Gasteiger partial charge is 0.188 e. The van der Waals surface area contributed by atoms with Crippen molar-refractivity contribution in [2.75, 3.05) is 11.5 Å². The normalized spacial score (nSPS) is 31.2. The van der Waals surface area contributed by atoms with Crippen LogP contribution in [0.2, 0.25) is 0 Å². The van der Waals surface area contributed by atoms with Crippen LogP contribution in [0.3, 0.4) is 0 Å². The van der Waals surface area contributed by atoms with Crippen LogP contribution < -0.4 is 0 Å². The third-order valence-electron chi connectivity index (χ3n) is 3.60. The highest BCUT2D eigenvalue weighted by Gasteiger charge is 2.39. The number of aromatic nitrogens is 1. The van der Waals surface area contributed by atoms with Crippen molar-refractivity contribution in [2.24, 2.45) is 0 Å². The molecule has 18 heavy (non-hydrogen) atoms. The molecule has 0 bridgehead atoms. The molecule has 1 aromatic heterocycles. The molecule has 2 saturated heterocycles. The molecule has 0 aromatic carbocycles. The van der Waals surface area contributed by atoms with E-state index >= 15 is 0 Å². The summed E-state index contributed by atoms with van der Waals surface area (Å²) in [5.41, 5.74) is 1.80. The Labute approximate surface area is 106 Å². The Morgan fingerprint density at radius 2 is 1.94 bits per heavy atom. The van der Waals surface area contributed by atoms with Crippen molar-refractivity contribution in [1.29, 1.82) is 0 Å². The first kappa shape index (κ1) is 12.1. The maximum absolute atomic E-state index is 11.4. The molecule has 2 fully saturated rings. The van der Waals surface area contributed by atoms with Crippen LogP contribution in [0.5, 0.6) is 0 Å². The number of hydrogen-bond donors (Lipinski definition) is 1. The Hall–Kier alpha value is -0.980. The van der Waals surface area contributed by atoms with Crippen LogP contribution in [0.4, 0.5) is 0 Å². The summed E-state index contributed by atoms with van der Waals surface area (Å²) in [6, 6.07) is 3.80. The summed E-state index contributed by atoms with van der Waals surface area (Å²) >= 11 is 0. The number of pyridine rings is 1. The maximum atomic E-state index is 11.4. The van der Waals surface area contributed by atoms with Gasteiger partial charge in [0.05, 0.1) is 17.2 Å². The van der Waals surface area contributed by atoms with E-state index in [4.69, 9.17) is 9.84 Å². The molecule has 98 valence electrons. The first-order valence-electron chi connectivity index (χ1n) is 6.05. The molecule has 2 aliphatic heterocycles. The van der Waals surface area contributed by atoms with E-state index in [0.717, 1.165) is 11.3 Å². The Bertz CT molecular complexity index is 526. The van der Waals surface area contributed by atoms with Gasteiger partial charge in [-0.2, -0.15) is 0 Å². The summed E-state index contributed by atoms with van der Waals surface area (Å²) in [7, 11) is -2.82. The first-order valence-corrected chi connectivity index (χ1v) is 7.87. The maximum Gasteiger partial charge on any atom is 0.188 e. The summed E-state index contributed by atoms with van der Waals surface area (Å²) in [4.78, 5) is 4.27. The first-order chi connectivity index (χ1) is 8.55. The van der Waals surface area contributed by atoms with E-state index in [9.17, 15) is 8.42 Å². The molecule has 1 aromatic rings. The van der Waals surface area contributed by atoms with Gasteiger partial charge in [0.2, 0.25) is 0 Å². The lowest BCUT2D eigenvalue weighted by Gasteiger charge is -2.21. The van der Waals surface area contributed by atoms with Crippen LogP contribution in [0.1, 0.15) is 36.1 Å². The number of hydrogen-bond acceptors (Lipinski definition) is 5. The highest BCUT2D eigenvalue weighted by molar-refractivity contribution is 7.91. The number of nitrogens with zero attached hydrogens (tertiary/aromatic N) is 1. The molecule has 0 saturated carbocycles. The zero-order valence-electron chi connectivity index (χ0n) is 9.82. The van der Waals surface area contributed by atoms with Gasteiger partial charge < -0.3 is 9.84 Å². The summed E-state index contributed by atoms with van der Waals surface area (Å²) in [5, 5.41) is 9.13. The second-order valence-electron chi connectivity index (χ2n) is 4.89. The molecule has 3 heterocycles. The highest BCUT2D eigenvalue weighted by Crippen LogP contribution is 2.36. The molecule has 0 radical (unpaired) electrons. The zero-order chi connectivity index (χ0) is 12.8. The molecule has 0 aliphatic carbocycles. The molecular weight excluding hydrogens is 254 g/mol. The van der Waals surface area contributed by atoms with E-state index in [1.807, 2.05) is 12.1 Å². The van der Waals surface area contributed by atoms with Gasteiger partial charge in [-0.05, 0) is 30.4 Å². The van der Waals surface area contributed by atoms with Crippen molar-refractivity contribution in [1.82, 2.24) is 4.98 Å².